The Bertz CT molecular complexity index is 568. The van der Waals surface area contributed by atoms with Crippen molar-refractivity contribution >= 4 is 22.9 Å². The van der Waals surface area contributed by atoms with Gasteiger partial charge in [-0.3, -0.25) is 5.84 Å². The number of thiophene rings is 1. The van der Waals surface area contributed by atoms with Gasteiger partial charge in [0.25, 0.3) is 0 Å². The first-order valence-corrected chi connectivity index (χ1v) is 6.50. The molecule has 0 radical (unpaired) electrons. The zero-order chi connectivity index (χ0) is 14.0. The molecule has 3 N–H and O–H groups in total. The van der Waals surface area contributed by atoms with E-state index in [9.17, 15) is 13.2 Å². The highest BCUT2D eigenvalue weighted by atomic mass is 35.5. The number of nitrogens with two attached hydrogens (primary N) is 1. The summed E-state index contributed by atoms with van der Waals surface area (Å²) in [5.74, 6) is 5.40. The van der Waals surface area contributed by atoms with Crippen LogP contribution in [0.2, 0.25) is 4.34 Å². The molecule has 1 aromatic heterocycles. The van der Waals surface area contributed by atoms with E-state index in [4.69, 9.17) is 17.4 Å². The van der Waals surface area contributed by atoms with Crippen LogP contribution in [0.15, 0.2) is 36.4 Å². The average molecular weight is 307 g/mol. The lowest BCUT2D eigenvalue weighted by Crippen LogP contribution is -2.30. The van der Waals surface area contributed by atoms with Gasteiger partial charge in [-0.2, -0.15) is 13.2 Å². The van der Waals surface area contributed by atoms with Crippen molar-refractivity contribution in [1.29, 1.82) is 0 Å². The van der Waals surface area contributed by atoms with Crippen molar-refractivity contribution in [2.75, 3.05) is 0 Å². The number of alkyl halides is 3. The summed E-state index contributed by atoms with van der Waals surface area (Å²) in [6.07, 6.45) is -4.42. The van der Waals surface area contributed by atoms with Crippen molar-refractivity contribution in [2.45, 2.75) is 12.2 Å². The number of hydrazine groups is 1. The maximum absolute atomic E-state index is 13.0. The predicted molar refractivity (Wildman–Crippen MR) is 69.9 cm³/mol. The summed E-state index contributed by atoms with van der Waals surface area (Å²) in [5.41, 5.74) is 1.79. The number of hydrogen-bond donors (Lipinski definition) is 2. The van der Waals surface area contributed by atoms with Crippen molar-refractivity contribution in [3.63, 3.8) is 0 Å². The minimum absolute atomic E-state index is 0.0796. The van der Waals surface area contributed by atoms with Crippen LogP contribution in [0.25, 0.3) is 0 Å². The maximum Gasteiger partial charge on any atom is 0.416 e. The van der Waals surface area contributed by atoms with Crippen molar-refractivity contribution < 1.29 is 13.2 Å². The molecule has 2 aromatic rings. The first-order chi connectivity index (χ1) is 8.93. The Morgan fingerprint density at radius 3 is 2.37 bits per heavy atom. The minimum atomic E-state index is -4.42. The van der Waals surface area contributed by atoms with E-state index >= 15 is 0 Å². The zero-order valence-corrected chi connectivity index (χ0v) is 11.1. The fourth-order valence-corrected chi connectivity index (χ4v) is 2.96. The van der Waals surface area contributed by atoms with E-state index in [1.54, 1.807) is 18.2 Å². The molecule has 7 heteroatoms. The lowest BCUT2D eigenvalue weighted by atomic mass is 9.99. The van der Waals surface area contributed by atoms with Crippen LogP contribution >= 0.6 is 22.9 Å². The number of benzene rings is 1. The molecule has 0 spiro atoms. The second kappa shape index (κ2) is 5.50. The van der Waals surface area contributed by atoms with Gasteiger partial charge in [0.15, 0.2) is 0 Å². The van der Waals surface area contributed by atoms with Crippen LogP contribution in [0.5, 0.6) is 0 Å². The summed E-state index contributed by atoms with van der Waals surface area (Å²) in [6.45, 7) is 0. The smallest absolute Gasteiger partial charge is 0.271 e. The molecule has 19 heavy (non-hydrogen) atoms. The van der Waals surface area contributed by atoms with Gasteiger partial charge in [0, 0.05) is 4.88 Å². The van der Waals surface area contributed by atoms with E-state index in [1.807, 2.05) is 0 Å². The molecule has 1 heterocycles. The van der Waals surface area contributed by atoms with Crippen molar-refractivity contribution in [3.05, 3.63) is 56.7 Å². The van der Waals surface area contributed by atoms with Crippen LogP contribution in [-0.2, 0) is 6.18 Å². The molecular formula is C12H10ClF3N2S. The summed E-state index contributed by atoms with van der Waals surface area (Å²) >= 11 is 7.00. The molecule has 1 aromatic carbocycles. The SMILES string of the molecule is NNC(c1ccc(Cl)s1)c1ccccc1C(F)(F)F. The molecule has 0 aliphatic rings. The first kappa shape index (κ1) is 14.3. The summed E-state index contributed by atoms with van der Waals surface area (Å²) in [4.78, 5) is 0.629. The topological polar surface area (TPSA) is 38.0 Å². The van der Waals surface area contributed by atoms with E-state index in [0.717, 1.165) is 6.07 Å². The molecule has 0 fully saturated rings. The molecule has 0 aliphatic carbocycles. The van der Waals surface area contributed by atoms with Gasteiger partial charge in [0.2, 0.25) is 0 Å². The molecule has 0 saturated carbocycles. The Morgan fingerprint density at radius 2 is 1.84 bits per heavy atom. The van der Waals surface area contributed by atoms with E-state index < -0.39 is 17.8 Å². The Kier molecular flexibility index (Phi) is 4.15. The lowest BCUT2D eigenvalue weighted by Gasteiger charge is -2.20. The Balaban J connectivity index is 2.50. The molecular weight excluding hydrogens is 297 g/mol. The summed E-state index contributed by atoms with van der Waals surface area (Å²) in [6, 6.07) is 7.88. The van der Waals surface area contributed by atoms with Gasteiger partial charge < -0.3 is 0 Å². The van der Waals surface area contributed by atoms with Crippen LogP contribution in [0.3, 0.4) is 0 Å². The monoisotopic (exact) mass is 306 g/mol. The Hall–Kier alpha value is -1.08. The van der Waals surface area contributed by atoms with Crippen molar-refractivity contribution in [2.24, 2.45) is 5.84 Å². The molecule has 2 nitrogen and oxygen atoms in total. The van der Waals surface area contributed by atoms with Crippen LogP contribution in [0.1, 0.15) is 22.0 Å². The quantitative estimate of drug-likeness (QED) is 0.665. The highest BCUT2D eigenvalue weighted by molar-refractivity contribution is 7.16. The van der Waals surface area contributed by atoms with Gasteiger partial charge in [-0.05, 0) is 23.8 Å². The number of hydrogen-bond acceptors (Lipinski definition) is 3. The summed E-state index contributed by atoms with van der Waals surface area (Å²) in [5, 5.41) is 0. The van der Waals surface area contributed by atoms with Gasteiger partial charge in [0.05, 0.1) is 15.9 Å². The molecule has 102 valence electrons. The van der Waals surface area contributed by atoms with Gasteiger partial charge in [-0.1, -0.05) is 29.8 Å². The second-order valence-electron chi connectivity index (χ2n) is 3.83. The standard InChI is InChI=1S/C12H10ClF3N2S/c13-10-6-5-9(19-10)11(18-17)7-3-1-2-4-8(7)12(14,15)16/h1-6,11,18H,17H2. The van der Waals surface area contributed by atoms with E-state index in [0.29, 0.717) is 9.21 Å². The molecule has 1 atom stereocenters. The molecule has 0 aliphatic heterocycles. The Morgan fingerprint density at radius 1 is 1.16 bits per heavy atom. The highest BCUT2D eigenvalue weighted by Crippen LogP contribution is 2.38. The van der Waals surface area contributed by atoms with Crippen LogP contribution in [0.4, 0.5) is 13.2 Å². The van der Waals surface area contributed by atoms with Crippen LogP contribution in [0, 0.1) is 0 Å². The second-order valence-corrected chi connectivity index (χ2v) is 5.57. The normalized spacial score (nSPS) is 13.5. The molecule has 2 rings (SSSR count). The molecule has 0 amide bonds. The van der Waals surface area contributed by atoms with E-state index in [2.05, 4.69) is 5.43 Å². The number of halogens is 4. The van der Waals surface area contributed by atoms with Gasteiger partial charge in [0.1, 0.15) is 0 Å². The van der Waals surface area contributed by atoms with Gasteiger partial charge in [-0.25, -0.2) is 5.43 Å². The van der Waals surface area contributed by atoms with Crippen LogP contribution < -0.4 is 11.3 Å². The van der Waals surface area contributed by atoms with E-state index in [-0.39, 0.29) is 5.56 Å². The minimum Gasteiger partial charge on any atom is -0.271 e. The number of rotatable bonds is 3. The summed E-state index contributed by atoms with van der Waals surface area (Å²) in [7, 11) is 0. The Labute approximate surface area is 117 Å². The third-order valence-corrected chi connectivity index (χ3v) is 3.92. The lowest BCUT2D eigenvalue weighted by molar-refractivity contribution is -0.138. The van der Waals surface area contributed by atoms with Crippen molar-refractivity contribution in [1.82, 2.24) is 5.43 Å². The van der Waals surface area contributed by atoms with Crippen LogP contribution in [-0.4, -0.2) is 0 Å². The highest BCUT2D eigenvalue weighted by Gasteiger charge is 2.35. The third kappa shape index (κ3) is 3.09. The maximum atomic E-state index is 13.0. The molecule has 0 saturated heterocycles. The summed E-state index contributed by atoms with van der Waals surface area (Å²) < 4.78 is 39.4. The third-order valence-electron chi connectivity index (χ3n) is 2.62. The number of nitrogens with one attached hydrogen (secondary N) is 1. The molecule has 0 bridgehead atoms. The first-order valence-electron chi connectivity index (χ1n) is 5.31. The largest absolute Gasteiger partial charge is 0.416 e. The zero-order valence-electron chi connectivity index (χ0n) is 9.54. The van der Waals surface area contributed by atoms with Crippen molar-refractivity contribution in [3.8, 4) is 0 Å². The van der Waals surface area contributed by atoms with Gasteiger partial charge >= 0.3 is 6.18 Å². The van der Waals surface area contributed by atoms with Gasteiger partial charge in [-0.15, -0.1) is 11.3 Å². The van der Waals surface area contributed by atoms with E-state index in [1.165, 1.54) is 23.5 Å². The predicted octanol–water partition coefficient (Wildman–Crippen LogP) is 3.97. The average Bonchev–Trinajstić information content (AvgIpc) is 2.76. The molecule has 1 unspecified atom stereocenters. The fraction of sp³-hybridized carbons (Fsp3) is 0.167. The fourth-order valence-electron chi connectivity index (χ4n) is 1.82.